The summed E-state index contributed by atoms with van der Waals surface area (Å²) in [6, 6.07) is 10.5. The third kappa shape index (κ3) is 5.59. The van der Waals surface area contributed by atoms with Gasteiger partial charge in [0.1, 0.15) is 10.8 Å². The molecule has 3 heterocycles. The number of aromatic nitrogens is 2. The fourth-order valence-corrected chi connectivity index (χ4v) is 6.19. The van der Waals surface area contributed by atoms with Gasteiger partial charge in [-0.2, -0.15) is 4.98 Å². The van der Waals surface area contributed by atoms with E-state index in [-0.39, 0.29) is 39.7 Å². The van der Waals surface area contributed by atoms with E-state index in [1.165, 1.54) is 6.20 Å². The number of nitrogens with zero attached hydrogens (tertiary/aromatic N) is 3. The third-order valence-corrected chi connectivity index (χ3v) is 9.42. The fourth-order valence-electron chi connectivity index (χ4n) is 4.85. The van der Waals surface area contributed by atoms with Crippen LogP contribution in [0.5, 0.6) is 5.75 Å². The molecule has 5 rings (SSSR count). The second-order valence-corrected chi connectivity index (χ2v) is 13.4. The molecular formula is C28H33ClN6O4S. The van der Waals surface area contributed by atoms with Crippen LogP contribution in [0.1, 0.15) is 50.0 Å². The number of sulfone groups is 1. The van der Waals surface area contributed by atoms with Gasteiger partial charge in [0.05, 0.1) is 33.8 Å². The Kier molecular flexibility index (Phi) is 7.89. The smallest absolute Gasteiger partial charge is 0.254 e. The minimum Gasteiger partial charge on any atom is -0.489 e. The lowest BCUT2D eigenvalue weighted by Crippen LogP contribution is -2.36. The van der Waals surface area contributed by atoms with E-state index in [2.05, 4.69) is 25.9 Å². The first kappa shape index (κ1) is 28.1. The van der Waals surface area contributed by atoms with Crippen LogP contribution in [0.15, 0.2) is 47.5 Å². The quantitative estimate of drug-likeness (QED) is 0.322. The van der Waals surface area contributed by atoms with Gasteiger partial charge in [-0.3, -0.25) is 4.79 Å². The van der Waals surface area contributed by atoms with Gasteiger partial charge >= 0.3 is 0 Å². The Morgan fingerprint density at radius 3 is 2.60 bits per heavy atom. The number of fused-ring (bicyclic) bond motifs is 1. The second-order valence-electron chi connectivity index (χ2n) is 10.5. The highest BCUT2D eigenvalue weighted by molar-refractivity contribution is 7.92. The van der Waals surface area contributed by atoms with E-state index in [1.54, 1.807) is 44.2 Å². The lowest BCUT2D eigenvalue weighted by molar-refractivity contribution is 0.0717. The number of nitrogens with one attached hydrogen (secondary N) is 3. The Balaban J connectivity index is 1.46. The Hall–Kier alpha value is -3.41. The van der Waals surface area contributed by atoms with Crippen molar-refractivity contribution < 1.29 is 17.9 Å². The van der Waals surface area contributed by atoms with E-state index in [1.807, 2.05) is 24.8 Å². The number of halogens is 1. The topological polar surface area (TPSA) is 126 Å². The van der Waals surface area contributed by atoms with E-state index >= 15 is 0 Å². The number of hydrogen-bond acceptors (Lipinski definition) is 9. The van der Waals surface area contributed by atoms with E-state index in [4.69, 9.17) is 16.3 Å². The van der Waals surface area contributed by atoms with Gasteiger partial charge in [-0.25, -0.2) is 13.4 Å². The predicted molar refractivity (Wildman–Crippen MR) is 156 cm³/mol. The summed E-state index contributed by atoms with van der Waals surface area (Å²) in [4.78, 5) is 24.2. The van der Waals surface area contributed by atoms with Gasteiger partial charge in [-0.05, 0) is 70.5 Å². The molecule has 3 N–H and O–H groups in total. The summed E-state index contributed by atoms with van der Waals surface area (Å²) < 4.78 is 31.9. The van der Waals surface area contributed by atoms with E-state index in [0.29, 0.717) is 29.2 Å². The summed E-state index contributed by atoms with van der Waals surface area (Å²) in [6.45, 7) is 9.36. The van der Waals surface area contributed by atoms with Crippen LogP contribution in [0.4, 0.5) is 23.1 Å². The molecule has 1 atom stereocenters. The molecule has 0 radical (unpaired) electrons. The fraction of sp³-hybridized carbons (Fsp3) is 0.393. The van der Waals surface area contributed by atoms with E-state index in [0.717, 1.165) is 25.1 Å². The van der Waals surface area contributed by atoms with Crippen LogP contribution in [-0.4, -0.2) is 59.7 Å². The maximum Gasteiger partial charge on any atom is 0.254 e. The van der Waals surface area contributed by atoms with Gasteiger partial charge < -0.3 is 25.6 Å². The van der Waals surface area contributed by atoms with Gasteiger partial charge in [-0.15, -0.1) is 0 Å². The van der Waals surface area contributed by atoms with Gasteiger partial charge in [0.2, 0.25) is 5.95 Å². The monoisotopic (exact) mass is 584 g/mol. The first-order valence-corrected chi connectivity index (χ1v) is 15.2. The molecule has 1 amide bonds. The van der Waals surface area contributed by atoms with E-state index in [9.17, 15) is 13.2 Å². The molecule has 3 aromatic rings. The molecule has 2 aliphatic rings. The van der Waals surface area contributed by atoms with Crippen molar-refractivity contribution in [3.05, 3.63) is 58.7 Å². The number of carbonyl (C=O) groups excluding carboxylic acids is 1. The number of ether oxygens (including phenoxy) is 1. The van der Waals surface area contributed by atoms with Crippen molar-refractivity contribution in [3.8, 4) is 5.75 Å². The van der Waals surface area contributed by atoms with Gasteiger partial charge in [0, 0.05) is 24.7 Å². The Labute approximate surface area is 239 Å². The zero-order valence-electron chi connectivity index (χ0n) is 22.9. The van der Waals surface area contributed by atoms with E-state index < -0.39 is 15.1 Å². The maximum atomic E-state index is 13.3. The molecular weight excluding hydrogens is 552 g/mol. The average Bonchev–Trinajstić information content (AvgIpc) is 3.54. The zero-order valence-corrected chi connectivity index (χ0v) is 24.4. The van der Waals surface area contributed by atoms with Crippen LogP contribution in [0.2, 0.25) is 5.02 Å². The molecule has 12 heteroatoms. The van der Waals surface area contributed by atoms with Crippen molar-refractivity contribution in [2.24, 2.45) is 0 Å². The van der Waals surface area contributed by atoms with Crippen LogP contribution in [0.25, 0.3) is 0 Å². The third-order valence-electron chi connectivity index (χ3n) is 6.93. The number of rotatable bonds is 9. The molecule has 40 heavy (non-hydrogen) atoms. The highest BCUT2D eigenvalue weighted by Crippen LogP contribution is 2.37. The molecule has 212 valence electrons. The normalized spacial score (nSPS) is 17.0. The van der Waals surface area contributed by atoms with Crippen molar-refractivity contribution >= 4 is 50.5 Å². The summed E-state index contributed by atoms with van der Waals surface area (Å²) in [6.07, 6.45) is 2.25. The van der Waals surface area contributed by atoms with Crippen molar-refractivity contribution in [1.82, 2.24) is 20.2 Å². The number of hydrogen-bond donors (Lipinski definition) is 3. The molecule has 0 bridgehead atoms. The number of carbonyl (C=O) groups is 1. The van der Waals surface area contributed by atoms with Crippen LogP contribution in [0.3, 0.4) is 0 Å². The lowest BCUT2D eigenvalue weighted by Gasteiger charge is -2.22. The summed E-state index contributed by atoms with van der Waals surface area (Å²) in [5.74, 6) is 1.00. The van der Waals surface area contributed by atoms with Crippen molar-refractivity contribution in [1.29, 1.82) is 0 Å². The average molecular weight is 585 g/mol. The van der Waals surface area contributed by atoms with Crippen molar-refractivity contribution in [2.75, 3.05) is 23.7 Å². The molecule has 2 aromatic carbocycles. The molecule has 0 saturated carbocycles. The van der Waals surface area contributed by atoms with Crippen LogP contribution >= 0.6 is 11.6 Å². The number of benzene rings is 2. The Morgan fingerprint density at radius 2 is 1.90 bits per heavy atom. The molecule has 1 unspecified atom stereocenters. The number of anilines is 4. The zero-order chi connectivity index (χ0) is 28.6. The van der Waals surface area contributed by atoms with Gasteiger partial charge in [0.25, 0.3) is 5.91 Å². The molecule has 0 spiro atoms. The lowest BCUT2D eigenvalue weighted by atomic mass is 10.1. The summed E-state index contributed by atoms with van der Waals surface area (Å²) in [7, 11) is -3.56. The highest BCUT2D eigenvalue weighted by Gasteiger charge is 2.35. The Morgan fingerprint density at radius 1 is 1.12 bits per heavy atom. The summed E-state index contributed by atoms with van der Waals surface area (Å²) in [5, 5.41) is 9.18. The minimum absolute atomic E-state index is 0.00908. The molecule has 0 aliphatic carbocycles. The first-order valence-electron chi connectivity index (χ1n) is 13.3. The highest BCUT2D eigenvalue weighted by atomic mass is 35.5. The maximum absolute atomic E-state index is 13.3. The van der Waals surface area contributed by atoms with Crippen molar-refractivity contribution in [3.63, 3.8) is 0 Å². The number of amides is 1. The summed E-state index contributed by atoms with van der Waals surface area (Å²) >= 11 is 6.41. The molecule has 1 saturated heterocycles. The number of para-hydroxylation sites is 1. The molecule has 10 nitrogen and oxygen atoms in total. The summed E-state index contributed by atoms with van der Waals surface area (Å²) in [5.41, 5.74) is 2.44. The SMILES string of the molecule is CC(C)Oc1cc2c(cc1Nc1ncc(Cl)c(Nc3ccccc3S(=O)(=O)C(C)C)n1)C(=O)N(C1CCNC1)C2. The molecule has 1 aromatic heterocycles. The van der Waals surface area contributed by atoms with Crippen LogP contribution in [-0.2, 0) is 16.4 Å². The van der Waals surface area contributed by atoms with Gasteiger partial charge in [0.15, 0.2) is 15.7 Å². The van der Waals surface area contributed by atoms with Crippen LogP contribution in [0, 0.1) is 0 Å². The largest absolute Gasteiger partial charge is 0.489 e. The predicted octanol–water partition coefficient (Wildman–Crippen LogP) is 4.90. The Bertz CT molecular complexity index is 1540. The molecule has 2 aliphatic heterocycles. The second kappa shape index (κ2) is 11.2. The van der Waals surface area contributed by atoms with Gasteiger partial charge in [-0.1, -0.05) is 23.7 Å². The van der Waals surface area contributed by atoms with Crippen molar-refractivity contribution in [2.45, 2.75) is 63.0 Å². The molecule has 1 fully saturated rings. The first-order chi connectivity index (χ1) is 19.0. The van der Waals surface area contributed by atoms with Crippen LogP contribution < -0.4 is 20.7 Å². The standard InChI is InChI=1S/C28H33ClN6O4S/c1-16(2)39-24-11-18-15-35(19-9-10-30-13-19)27(36)20(18)12-23(24)33-28-31-14-21(29)26(34-28)32-22-7-5-6-8-25(22)40(37,38)17(3)4/h5-8,11-12,14,16-17,19,30H,9-10,13,15H2,1-4H3,(H2,31,32,33,34). The minimum atomic E-state index is -3.56.